The van der Waals surface area contributed by atoms with Gasteiger partial charge in [0.2, 0.25) is 0 Å². The first kappa shape index (κ1) is 17.3. The van der Waals surface area contributed by atoms with Crippen molar-refractivity contribution in [1.82, 2.24) is 4.90 Å². The number of hydrogen-bond acceptors (Lipinski definition) is 3. The van der Waals surface area contributed by atoms with Crippen molar-refractivity contribution in [3.05, 3.63) is 58.7 Å². The monoisotopic (exact) mass is 339 g/mol. The predicted molar refractivity (Wildman–Crippen MR) is 98.4 cm³/mol. The number of hydrogen-bond donors (Lipinski definition) is 0. The van der Waals surface area contributed by atoms with Crippen LogP contribution in [0.25, 0.3) is 0 Å². The molecule has 0 bridgehead atoms. The van der Waals surface area contributed by atoms with Gasteiger partial charge in [0.1, 0.15) is 11.5 Å². The molecule has 4 heteroatoms. The van der Waals surface area contributed by atoms with Gasteiger partial charge in [0, 0.05) is 17.2 Å². The zero-order chi connectivity index (χ0) is 18.0. The first-order valence-corrected chi connectivity index (χ1v) is 8.62. The molecular formula is C21H25NO3. The fourth-order valence-electron chi connectivity index (χ4n) is 3.21. The average Bonchev–Trinajstić information content (AvgIpc) is 3.42. The largest absolute Gasteiger partial charge is 0.497 e. The molecule has 3 rings (SSSR count). The molecule has 2 aromatic carbocycles. The number of nitrogens with zero attached hydrogens (tertiary/aromatic N) is 1. The van der Waals surface area contributed by atoms with Crippen molar-refractivity contribution < 1.29 is 14.3 Å². The summed E-state index contributed by atoms with van der Waals surface area (Å²) in [6, 6.07) is 12.0. The summed E-state index contributed by atoms with van der Waals surface area (Å²) in [7, 11) is 3.30. The van der Waals surface area contributed by atoms with Gasteiger partial charge in [-0.25, -0.2) is 0 Å². The van der Waals surface area contributed by atoms with Crippen molar-refractivity contribution in [3.8, 4) is 11.5 Å². The molecule has 0 N–H and O–H groups in total. The number of rotatable bonds is 6. The van der Waals surface area contributed by atoms with Crippen LogP contribution in [0.2, 0.25) is 0 Å². The Bertz CT molecular complexity index is 760. The van der Waals surface area contributed by atoms with E-state index < -0.39 is 0 Å². The summed E-state index contributed by atoms with van der Waals surface area (Å²) >= 11 is 0. The number of carbonyl (C=O) groups is 1. The maximum absolute atomic E-state index is 13.1. The van der Waals surface area contributed by atoms with Gasteiger partial charge in [-0.3, -0.25) is 4.79 Å². The molecule has 0 saturated heterocycles. The van der Waals surface area contributed by atoms with Crippen LogP contribution >= 0.6 is 0 Å². The molecule has 0 spiro atoms. The zero-order valence-corrected chi connectivity index (χ0v) is 15.3. The number of carbonyl (C=O) groups excluding carboxylic acids is 1. The van der Waals surface area contributed by atoms with Crippen molar-refractivity contribution in [3.63, 3.8) is 0 Å². The SMILES string of the molecule is COc1ccc(OC)c(CN(C(=O)c2cc(C)cc(C)c2)C2CC2)c1. The molecule has 2 aromatic rings. The van der Waals surface area contributed by atoms with E-state index in [9.17, 15) is 4.79 Å². The van der Waals surface area contributed by atoms with Gasteiger partial charge in [0.15, 0.2) is 0 Å². The van der Waals surface area contributed by atoms with Crippen LogP contribution in [0.1, 0.15) is 39.9 Å². The highest BCUT2D eigenvalue weighted by Gasteiger charge is 2.33. The van der Waals surface area contributed by atoms with E-state index >= 15 is 0 Å². The number of amides is 1. The molecule has 0 aromatic heterocycles. The van der Waals surface area contributed by atoms with Crippen LogP contribution in [0.15, 0.2) is 36.4 Å². The van der Waals surface area contributed by atoms with Crippen molar-refractivity contribution in [1.29, 1.82) is 0 Å². The van der Waals surface area contributed by atoms with E-state index in [0.717, 1.165) is 46.6 Å². The van der Waals surface area contributed by atoms with Crippen LogP contribution < -0.4 is 9.47 Å². The fraction of sp³-hybridized carbons (Fsp3) is 0.381. The van der Waals surface area contributed by atoms with Gasteiger partial charge in [0.25, 0.3) is 5.91 Å². The first-order valence-electron chi connectivity index (χ1n) is 8.62. The summed E-state index contributed by atoms with van der Waals surface area (Å²) in [5.41, 5.74) is 3.94. The average molecular weight is 339 g/mol. The van der Waals surface area contributed by atoms with Gasteiger partial charge in [-0.2, -0.15) is 0 Å². The summed E-state index contributed by atoms with van der Waals surface area (Å²) in [4.78, 5) is 15.1. The predicted octanol–water partition coefficient (Wildman–Crippen LogP) is 4.13. The van der Waals surface area contributed by atoms with Gasteiger partial charge in [-0.15, -0.1) is 0 Å². The lowest BCUT2D eigenvalue weighted by molar-refractivity contribution is 0.0728. The minimum Gasteiger partial charge on any atom is -0.497 e. The third-order valence-electron chi connectivity index (χ3n) is 4.55. The molecule has 132 valence electrons. The van der Waals surface area contributed by atoms with E-state index in [1.165, 1.54) is 0 Å². The topological polar surface area (TPSA) is 38.8 Å². The Balaban J connectivity index is 1.91. The van der Waals surface area contributed by atoms with Gasteiger partial charge < -0.3 is 14.4 Å². The third kappa shape index (κ3) is 3.95. The minimum absolute atomic E-state index is 0.0826. The first-order chi connectivity index (χ1) is 12.0. The normalized spacial score (nSPS) is 13.4. The summed E-state index contributed by atoms with van der Waals surface area (Å²) in [6.45, 7) is 4.57. The summed E-state index contributed by atoms with van der Waals surface area (Å²) in [6.07, 6.45) is 2.12. The molecule has 0 atom stereocenters. The maximum atomic E-state index is 13.1. The zero-order valence-electron chi connectivity index (χ0n) is 15.3. The Morgan fingerprint density at radius 1 is 1.04 bits per heavy atom. The van der Waals surface area contributed by atoms with Crippen molar-refractivity contribution in [2.75, 3.05) is 14.2 Å². The molecule has 0 heterocycles. The number of benzene rings is 2. The van der Waals surface area contributed by atoms with Gasteiger partial charge in [-0.05, 0) is 57.0 Å². The molecule has 0 aliphatic heterocycles. The standard InChI is InChI=1S/C21H25NO3/c1-14-9-15(2)11-16(10-14)21(23)22(18-5-6-18)13-17-12-19(24-3)7-8-20(17)25-4/h7-12,18H,5-6,13H2,1-4H3. The lowest BCUT2D eigenvalue weighted by atomic mass is 10.1. The van der Waals surface area contributed by atoms with Crippen LogP contribution in [0, 0.1) is 13.8 Å². The van der Waals surface area contributed by atoms with Gasteiger partial charge in [0.05, 0.1) is 20.8 Å². The molecule has 1 amide bonds. The minimum atomic E-state index is 0.0826. The number of ether oxygens (including phenoxy) is 2. The Labute approximate surface area is 149 Å². The highest BCUT2D eigenvalue weighted by molar-refractivity contribution is 5.95. The molecule has 1 aliphatic rings. The van der Waals surface area contributed by atoms with Crippen LogP contribution in [0.3, 0.4) is 0 Å². The van der Waals surface area contributed by atoms with Gasteiger partial charge in [-0.1, -0.05) is 17.2 Å². The maximum Gasteiger partial charge on any atom is 0.254 e. The Morgan fingerprint density at radius 2 is 1.72 bits per heavy atom. The van der Waals surface area contributed by atoms with Crippen molar-refractivity contribution >= 4 is 5.91 Å². The molecule has 1 fully saturated rings. The molecule has 25 heavy (non-hydrogen) atoms. The molecule has 1 saturated carbocycles. The lowest BCUT2D eigenvalue weighted by Crippen LogP contribution is -2.32. The van der Waals surface area contributed by atoms with E-state index in [1.807, 2.05) is 49.1 Å². The summed E-state index contributed by atoms with van der Waals surface area (Å²) in [5, 5.41) is 0. The Morgan fingerprint density at radius 3 is 2.28 bits per heavy atom. The van der Waals surface area contributed by atoms with E-state index in [1.54, 1.807) is 14.2 Å². The van der Waals surface area contributed by atoms with E-state index in [-0.39, 0.29) is 5.91 Å². The van der Waals surface area contributed by atoms with Crippen molar-refractivity contribution in [2.24, 2.45) is 0 Å². The summed E-state index contributed by atoms with van der Waals surface area (Å²) in [5.74, 6) is 1.63. The Kier molecular flexibility index (Phi) is 4.98. The second-order valence-corrected chi connectivity index (χ2v) is 6.72. The van der Waals surface area contributed by atoms with Crippen molar-refractivity contribution in [2.45, 2.75) is 39.3 Å². The summed E-state index contributed by atoms with van der Waals surface area (Å²) < 4.78 is 10.8. The molecule has 0 radical (unpaired) electrons. The van der Waals surface area contributed by atoms with Gasteiger partial charge >= 0.3 is 0 Å². The second-order valence-electron chi connectivity index (χ2n) is 6.72. The van der Waals surface area contributed by atoms with Crippen LogP contribution in [-0.4, -0.2) is 31.1 Å². The highest BCUT2D eigenvalue weighted by atomic mass is 16.5. The molecular weight excluding hydrogens is 314 g/mol. The highest BCUT2D eigenvalue weighted by Crippen LogP contribution is 2.33. The number of methoxy groups -OCH3 is 2. The molecule has 0 unspecified atom stereocenters. The Hall–Kier alpha value is -2.49. The third-order valence-corrected chi connectivity index (χ3v) is 4.55. The quantitative estimate of drug-likeness (QED) is 0.794. The second kappa shape index (κ2) is 7.18. The van der Waals surface area contributed by atoms with E-state index in [2.05, 4.69) is 6.07 Å². The fourth-order valence-corrected chi connectivity index (χ4v) is 3.21. The van der Waals surface area contributed by atoms with Crippen LogP contribution in [-0.2, 0) is 6.54 Å². The van der Waals surface area contributed by atoms with E-state index in [0.29, 0.717) is 12.6 Å². The van der Waals surface area contributed by atoms with Crippen LogP contribution in [0.4, 0.5) is 0 Å². The molecule has 4 nitrogen and oxygen atoms in total. The van der Waals surface area contributed by atoms with Crippen LogP contribution in [0.5, 0.6) is 11.5 Å². The number of aryl methyl sites for hydroxylation is 2. The lowest BCUT2D eigenvalue weighted by Gasteiger charge is -2.24. The smallest absolute Gasteiger partial charge is 0.254 e. The molecule has 1 aliphatic carbocycles. The van der Waals surface area contributed by atoms with E-state index in [4.69, 9.17) is 9.47 Å².